The maximum Gasteiger partial charge on any atom is 0.414 e. The lowest BCUT2D eigenvalue weighted by atomic mass is 10.2. The minimum atomic E-state index is -0.322. The number of ether oxygens (including phenoxy) is 1. The van der Waals surface area contributed by atoms with E-state index in [0.717, 1.165) is 49.0 Å². The molecule has 1 atom stereocenters. The third-order valence-electron chi connectivity index (χ3n) is 5.02. The number of alkyl halides is 1. The summed E-state index contributed by atoms with van der Waals surface area (Å²) in [5.74, 6) is 0. The van der Waals surface area contributed by atoms with E-state index in [0.29, 0.717) is 19.6 Å². The molecular formula is C19H27FN4O2S. The van der Waals surface area contributed by atoms with E-state index in [-0.39, 0.29) is 18.9 Å². The van der Waals surface area contributed by atoms with Crippen LogP contribution in [0.15, 0.2) is 24.3 Å². The number of halogens is 1. The Kier molecular flexibility index (Phi) is 6.84. The van der Waals surface area contributed by atoms with Crippen LogP contribution in [0.1, 0.15) is 13.3 Å². The highest BCUT2D eigenvalue weighted by atomic mass is 32.1. The monoisotopic (exact) mass is 394 g/mol. The molecule has 2 saturated heterocycles. The molecule has 6 nitrogen and oxygen atoms in total. The number of piperazine rings is 1. The van der Waals surface area contributed by atoms with Crippen molar-refractivity contribution in [1.29, 1.82) is 0 Å². The second-order valence-electron chi connectivity index (χ2n) is 6.81. The molecule has 1 aromatic carbocycles. The van der Waals surface area contributed by atoms with Gasteiger partial charge in [-0.2, -0.15) is 0 Å². The molecule has 2 aliphatic rings. The SMILES string of the molecule is CCC(=S)NC[C@H]1CN(c2ccc(N3CCN(CCF)CC3)cc2)C(=O)O1. The lowest BCUT2D eigenvalue weighted by molar-refractivity contribution is 0.143. The highest BCUT2D eigenvalue weighted by molar-refractivity contribution is 7.80. The van der Waals surface area contributed by atoms with Crippen LogP contribution in [0.2, 0.25) is 0 Å². The summed E-state index contributed by atoms with van der Waals surface area (Å²) in [5.41, 5.74) is 1.96. The van der Waals surface area contributed by atoms with Crippen molar-refractivity contribution in [2.75, 3.05) is 62.3 Å². The number of anilines is 2. The van der Waals surface area contributed by atoms with Crippen molar-refractivity contribution in [3.8, 4) is 0 Å². The Bertz CT molecular complexity index is 650. The molecule has 2 fully saturated rings. The summed E-state index contributed by atoms with van der Waals surface area (Å²) in [7, 11) is 0. The number of carbonyl (C=O) groups excluding carboxylic acids is 1. The Hall–Kier alpha value is -1.93. The average Bonchev–Trinajstić information content (AvgIpc) is 3.08. The molecule has 0 spiro atoms. The van der Waals surface area contributed by atoms with Crippen molar-refractivity contribution in [1.82, 2.24) is 10.2 Å². The predicted octanol–water partition coefficient (Wildman–Crippen LogP) is 2.43. The van der Waals surface area contributed by atoms with E-state index in [1.807, 2.05) is 31.2 Å². The first-order valence-electron chi connectivity index (χ1n) is 9.49. The van der Waals surface area contributed by atoms with Crippen LogP contribution < -0.4 is 15.1 Å². The Labute approximate surface area is 165 Å². The number of nitrogens with one attached hydrogen (secondary N) is 1. The molecule has 0 saturated carbocycles. The van der Waals surface area contributed by atoms with E-state index in [4.69, 9.17) is 17.0 Å². The number of carbonyl (C=O) groups is 1. The normalized spacial score (nSPS) is 20.7. The summed E-state index contributed by atoms with van der Waals surface area (Å²) in [6.07, 6.45) is 0.255. The van der Waals surface area contributed by atoms with E-state index in [1.165, 1.54) is 0 Å². The average molecular weight is 395 g/mol. The zero-order chi connectivity index (χ0) is 19.2. The number of hydrogen-bond acceptors (Lipinski definition) is 5. The summed E-state index contributed by atoms with van der Waals surface area (Å²) >= 11 is 5.15. The van der Waals surface area contributed by atoms with Crippen molar-refractivity contribution in [2.45, 2.75) is 19.4 Å². The van der Waals surface area contributed by atoms with Gasteiger partial charge in [-0.05, 0) is 30.7 Å². The highest BCUT2D eigenvalue weighted by Crippen LogP contribution is 2.25. The van der Waals surface area contributed by atoms with Gasteiger partial charge in [0.05, 0.1) is 18.1 Å². The number of cyclic esters (lactones) is 1. The van der Waals surface area contributed by atoms with Crippen LogP contribution in [0.3, 0.4) is 0 Å². The molecule has 27 heavy (non-hydrogen) atoms. The van der Waals surface area contributed by atoms with Crippen molar-refractivity contribution in [2.24, 2.45) is 0 Å². The fraction of sp³-hybridized carbons (Fsp3) is 0.579. The number of amides is 1. The third kappa shape index (κ3) is 5.07. The van der Waals surface area contributed by atoms with Crippen LogP contribution in [0.25, 0.3) is 0 Å². The third-order valence-corrected chi connectivity index (χ3v) is 5.45. The first kappa shape index (κ1) is 19.8. The summed E-state index contributed by atoms with van der Waals surface area (Å²) in [4.78, 5) is 19.0. The molecule has 1 amide bonds. The molecule has 1 aromatic rings. The fourth-order valence-electron chi connectivity index (χ4n) is 3.38. The smallest absolute Gasteiger partial charge is 0.414 e. The molecular weight excluding hydrogens is 367 g/mol. The first-order chi connectivity index (χ1) is 13.1. The zero-order valence-electron chi connectivity index (χ0n) is 15.7. The van der Waals surface area contributed by atoms with Gasteiger partial charge in [0.15, 0.2) is 0 Å². The van der Waals surface area contributed by atoms with Gasteiger partial charge >= 0.3 is 6.09 Å². The Balaban J connectivity index is 1.54. The van der Waals surface area contributed by atoms with Gasteiger partial charge in [0.1, 0.15) is 12.8 Å². The summed E-state index contributed by atoms with van der Waals surface area (Å²) in [6.45, 7) is 6.79. The fourth-order valence-corrected chi connectivity index (χ4v) is 3.47. The molecule has 0 aliphatic carbocycles. The first-order valence-corrected chi connectivity index (χ1v) is 9.89. The van der Waals surface area contributed by atoms with Crippen LogP contribution in [0.4, 0.5) is 20.6 Å². The summed E-state index contributed by atoms with van der Waals surface area (Å²) < 4.78 is 17.9. The zero-order valence-corrected chi connectivity index (χ0v) is 16.5. The topological polar surface area (TPSA) is 48.0 Å². The lowest BCUT2D eigenvalue weighted by Gasteiger charge is -2.35. The van der Waals surface area contributed by atoms with Gasteiger partial charge in [-0.3, -0.25) is 9.80 Å². The number of thiocarbonyl (C=S) groups is 1. The Morgan fingerprint density at radius 3 is 2.52 bits per heavy atom. The minimum absolute atomic E-state index is 0.203. The standard InChI is InChI=1S/C19H27FN4O2S/c1-2-18(27)21-13-17-14-24(19(25)26-17)16-5-3-15(4-6-16)23-11-9-22(8-7-20)10-12-23/h3-6,17H,2,7-14H2,1H3,(H,21,27)/t17-/m0/s1. The second-order valence-corrected chi connectivity index (χ2v) is 7.30. The largest absolute Gasteiger partial charge is 0.442 e. The van der Waals surface area contributed by atoms with Crippen LogP contribution in [0.5, 0.6) is 0 Å². The molecule has 2 heterocycles. The number of rotatable bonds is 7. The number of benzene rings is 1. The molecule has 8 heteroatoms. The van der Waals surface area contributed by atoms with Gasteiger partial charge in [0.2, 0.25) is 0 Å². The van der Waals surface area contributed by atoms with E-state index in [2.05, 4.69) is 15.1 Å². The maximum absolute atomic E-state index is 12.4. The van der Waals surface area contributed by atoms with Gasteiger partial charge < -0.3 is 15.0 Å². The van der Waals surface area contributed by atoms with E-state index in [9.17, 15) is 9.18 Å². The lowest BCUT2D eigenvalue weighted by Crippen LogP contribution is -2.47. The van der Waals surface area contributed by atoms with Crippen LogP contribution in [-0.4, -0.2) is 74.6 Å². The quantitative estimate of drug-likeness (QED) is 0.717. The van der Waals surface area contributed by atoms with Crippen LogP contribution in [0, 0.1) is 0 Å². The second kappa shape index (κ2) is 9.32. The Morgan fingerprint density at radius 2 is 1.89 bits per heavy atom. The van der Waals surface area contributed by atoms with E-state index >= 15 is 0 Å². The minimum Gasteiger partial charge on any atom is -0.442 e. The Morgan fingerprint density at radius 1 is 1.22 bits per heavy atom. The number of hydrogen-bond donors (Lipinski definition) is 1. The molecule has 0 aromatic heterocycles. The summed E-state index contributed by atoms with van der Waals surface area (Å²) in [6, 6.07) is 7.98. The van der Waals surface area contributed by atoms with Crippen molar-refractivity contribution in [3.05, 3.63) is 24.3 Å². The van der Waals surface area contributed by atoms with Crippen molar-refractivity contribution in [3.63, 3.8) is 0 Å². The molecule has 0 bridgehead atoms. The predicted molar refractivity (Wildman–Crippen MR) is 110 cm³/mol. The highest BCUT2D eigenvalue weighted by Gasteiger charge is 2.32. The van der Waals surface area contributed by atoms with Gasteiger partial charge in [-0.1, -0.05) is 19.1 Å². The van der Waals surface area contributed by atoms with Crippen LogP contribution >= 0.6 is 12.2 Å². The maximum atomic E-state index is 12.4. The van der Waals surface area contributed by atoms with Crippen molar-refractivity contribution >= 4 is 34.7 Å². The van der Waals surface area contributed by atoms with E-state index in [1.54, 1.807) is 4.90 Å². The molecule has 148 valence electrons. The van der Waals surface area contributed by atoms with Gasteiger partial charge in [0.25, 0.3) is 0 Å². The van der Waals surface area contributed by atoms with Gasteiger partial charge in [0, 0.05) is 44.1 Å². The molecule has 1 N–H and O–H groups in total. The van der Waals surface area contributed by atoms with Crippen LogP contribution in [-0.2, 0) is 4.74 Å². The van der Waals surface area contributed by atoms with Crippen molar-refractivity contribution < 1.29 is 13.9 Å². The van der Waals surface area contributed by atoms with Gasteiger partial charge in [-0.15, -0.1) is 0 Å². The molecule has 0 radical (unpaired) electrons. The molecule has 2 aliphatic heterocycles. The molecule has 3 rings (SSSR count). The van der Waals surface area contributed by atoms with Gasteiger partial charge in [-0.25, -0.2) is 9.18 Å². The van der Waals surface area contributed by atoms with E-state index < -0.39 is 0 Å². The summed E-state index contributed by atoms with van der Waals surface area (Å²) in [5, 5.41) is 3.12. The molecule has 0 unspecified atom stereocenters. The number of nitrogens with zero attached hydrogens (tertiary/aromatic N) is 3.